The topological polar surface area (TPSA) is 24.8 Å². The van der Waals surface area contributed by atoms with E-state index < -0.39 is 0 Å². The largest absolute Gasteiger partial charge is 0.334 e. The number of hydrogen-bond acceptors (Lipinski definition) is 2. The van der Waals surface area contributed by atoms with Crippen LogP contribution in [-0.2, 0) is 11.2 Å². The predicted molar refractivity (Wildman–Crippen MR) is 110 cm³/mol. The third kappa shape index (κ3) is 3.48. The quantitative estimate of drug-likeness (QED) is 0.868. The Morgan fingerprint density at radius 2 is 2.00 bits per heavy atom. The van der Waals surface area contributed by atoms with Crippen molar-refractivity contribution < 1.29 is 9.69 Å². The molecule has 0 radical (unpaired) electrons. The molecule has 1 amide bonds. The van der Waals surface area contributed by atoms with Crippen LogP contribution in [0.15, 0.2) is 47.9 Å². The summed E-state index contributed by atoms with van der Waals surface area (Å²) in [6, 6.07) is 13.4. The molecule has 1 aromatic carbocycles. The van der Waals surface area contributed by atoms with Crippen LogP contribution < -0.4 is 4.90 Å². The van der Waals surface area contributed by atoms with Gasteiger partial charge in [0.25, 0.3) is 5.91 Å². The zero-order chi connectivity index (χ0) is 18.2. The van der Waals surface area contributed by atoms with Gasteiger partial charge in [-0.1, -0.05) is 36.4 Å². The highest BCUT2D eigenvalue weighted by molar-refractivity contribution is 7.10. The second-order valence-corrected chi connectivity index (χ2v) is 9.14. The van der Waals surface area contributed by atoms with Crippen LogP contribution in [0, 0.1) is 5.92 Å². The summed E-state index contributed by atoms with van der Waals surface area (Å²) in [6.07, 6.45) is 7.02. The summed E-state index contributed by atoms with van der Waals surface area (Å²) < 4.78 is 0. The first-order chi connectivity index (χ1) is 13.3. The van der Waals surface area contributed by atoms with Gasteiger partial charge in [0.1, 0.15) is 6.04 Å². The number of carbonyl (C=O) groups excluding carboxylic acids is 1. The van der Waals surface area contributed by atoms with E-state index in [-0.39, 0.29) is 0 Å². The third-order valence-electron chi connectivity index (χ3n) is 6.41. The molecule has 1 fully saturated rings. The second kappa shape index (κ2) is 7.25. The summed E-state index contributed by atoms with van der Waals surface area (Å²) in [6.45, 7) is 3.38. The first kappa shape index (κ1) is 17.2. The lowest BCUT2D eigenvalue weighted by molar-refractivity contribution is -0.929. The Balaban J connectivity index is 1.25. The van der Waals surface area contributed by atoms with Crippen molar-refractivity contribution in [2.45, 2.75) is 31.7 Å². The predicted octanol–water partition coefficient (Wildman–Crippen LogP) is 2.96. The maximum absolute atomic E-state index is 13.0. The molecule has 0 bridgehead atoms. The van der Waals surface area contributed by atoms with Crippen molar-refractivity contribution in [2.24, 2.45) is 5.92 Å². The fraction of sp³-hybridized carbons (Fsp3) is 0.435. The lowest BCUT2D eigenvalue weighted by Crippen LogP contribution is -3.14. The Hall–Kier alpha value is -1.91. The molecule has 2 aromatic rings. The van der Waals surface area contributed by atoms with Crippen LogP contribution >= 0.6 is 11.3 Å². The van der Waals surface area contributed by atoms with Gasteiger partial charge in [-0.15, -0.1) is 11.3 Å². The first-order valence-electron chi connectivity index (χ1n) is 10.2. The number of thiophene rings is 1. The Morgan fingerprint density at radius 3 is 2.74 bits per heavy atom. The van der Waals surface area contributed by atoms with E-state index in [1.165, 1.54) is 28.9 Å². The SMILES string of the molecule is O=C(C[NH+]1CCc2sccc2[C@H]1C1CC1)N1CC=C(c2ccccc2)CC1. The van der Waals surface area contributed by atoms with Gasteiger partial charge in [-0.2, -0.15) is 0 Å². The van der Waals surface area contributed by atoms with Crippen molar-refractivity contribution in [3.63, 3.8) is 0 Å². The minimum Gasteiger partial charge on any atom is -0.334 e. The lowest BCUT2D eigenvalue weighted by Gasteiger charge is -2.34. The van der Waals surface area contributed by atoms with Gasteiger partial charge in [-0.3, -0.25) is 4.79 Å². The summed E-state index contributed by atoms with van der Waals surface area (Å²) >= 11 is 1.90. The Bertz CT molecular complexity index is 852. The van der Waals surface area contributed by atoms with Gasteiger partial charge in [-0.25, -0.2) is 0 Å². The van der Waals surface area contributed by atoms with E-state index in [1.54, 1.807) is 10.4 Å². The zero-order valence-electron chi connectivity index (χ0n) is 15.7. The van der Waals surface area contributed by atoms with E-state index in [4.69, 9.17) is 0 Å². The van der Waals surface area contributed by atoms with Crippen LogP contribution in [-0.4, -0.2) is 37.0 Å². The van der Waals surface area contributed by atoms with Gasteiger partial charge in [0, 0.05) is 35.9 Å². The van der Waals surface area contributed by atoms with Crippen LogP contribution in [0.2, 0.25) is 0 Å². The summed E-state index contributed by atoms with van der Waals surface area (Å²) in [5.41, 5.74) is 4.22. The number of fused-ring (bicyclic) bond motifs is 1. The molecule has 1 unspecified atom stereocenters. The molecule has 0 spiro atoms. The van der Waals surface area contributed by atoms with Crippen molar-refractivity contribution in [3.05, 3.63) is 63.9 Å². The number of rotatable bonds is 4. The molecule has 3 aliphatic rings. The number of amides is 1. The molecular formula is C23H27N2OS+. The summed E-state index contributed by atoms with van der Waals surface area (Å²) in [5, 5.41) is 2.24. The number of carbonyl (C=O) groups is 1. The number of quaternary nitrogens is 1. The third-order valence-corrected chi connectivity index (χ3v) is 7.40. The minimum atomic E-state index is 0.331. The highest BCUT2D eigenvalue weighted by Gasteiger charge is 2.44. The molecule has 1 N–H and O–H groups in total. The van der Waals surface area contributed by atoms with Crippen molar-refractivity contribution >= 4 is 22.8 Å². The monoisotopic (exact) mass is 379 g/mol. The highest BCUT2D eigenvalue weighted by atomic mass is 32.1. The molecule has 4 heteroatoms. The Morgan fingerprint density at radius 1 is 1.15 bits per heavy atom. The smallest absolute Gasteiger partial charge is 0.278 e. The van der Waals surface area contributed by atoms with Crippen LogP contribution in [0.3, 0.4) is 0 Å². The van der Waals surface area contributed by atoms with E-state index in [2.05, 4.69) is 52.8 Å². The molecule has 1 saturated carbocycles. The van der Waals surface area contributed by atoms with Crippen LogP contribution in [0.25, 0.3) is 5.57 Å². The van der Waals surface area contributed by atoms with E-state index in [9.17, 15) is 4.79 Å². The van der Waals surface area contributed by atoms with Crippen molar-refractivity contribution in [2.75, 3.05) is 26.2 Å². The Kier molecular flexibility index (Phi) is 4.62. The van der Waals surface area contributed by atoms with E-state index >= 15 is 0 Å². The van der Waals surface area contributed by atoms with E-state index in [1.807, 2.05) is 11.3 Å². The van der Waals surface area contributed by atoms with Crippen molar-refractivity contribution in [1.29, 1.82) is 0 Å². The maximum Gasteiger partial charge on any atom is 0.278 e. The molecule has 3 nitrogen and oxygen atoms in total. The van der Waals surface area contributed by atoms with Crippen LogP contribution in [0.5, 0.6) is 0 Å². The first-order valence-corrected chi connectivity index (χ1v) is 11.1. The molecule has 2 atom stereocenters. The Labute approximate surface area is 165 Å². The van der Waals surface area contributed by atoms with Crippen LogP contribution in [0.4, 0.5) is 0 Å². The lowest BCUT2D eigenvalue weighted by atomic mass is 9.95. The standard InChI is InChI=1S/C23H26N2OS/c26-22(24-12-8-18(9-13-24)17-4-2-1-3-5-17)16-25-14-10-21-20(11-15-27-21)23(25)19-6-7-19/h1-5,8,11,15,19,23H,6-7,9-10,12-14,16H2/p+1/t23-/m1/s1. The number of benzene rings is 1. The molecule has 1 aliphatic carbocycles. The molecular weight excluding hydrogens is 352 g/mol. The van der Waals surface area contributed by atoms with Gasteiger partial charge in [0.15, 0.2) is 6.54 Å². The number of nitrogens with one attached hydrogen (secondary N) is 1. The number of hydrogen-bond donors (Lipinski definition) is 1. The maximum atomic E-state index is 13.0. The summed E-state index contributed by atoms with van der Waals surface area (Å²) in [4.78, 5) is 18.2. The number of nitrogens with zero attached hydrogens (tertiary/aromatic N) is 1. The molecule has 1 aromatic heterocycles. The van der Waals surface area contributed by atoms with Gasteiger partial charge in [-0.05, 0) is 41.8 Å². The minimum absolute atomic E-state index is 0.331. The molecule has 27 heavy (non-hydrogen) atoms. The molecule has 140 valence electrons. The van der Waals surface area contributed by atoms with Gasteiger partial charge >= 0.3 is 0 Å². The zero-order valence-corrected chi connectivity index (χ0v) is 16.5. The van der Waals surface area contributed by atoms with Gasteiger partial charge < -0.3 is 9.80 Å². The fourth-order valence-electron chi connectivity index (χ4n) is 4.81. The molecule has 0 saturated heterocycles. The average Bonchev–Trinajstić information content (AvgIpc) is 3.44. The van der Waals surface area contributed by atoms with Gasteiger partial charge in [0.2, 0.25) is 0 Å². The average molecular weight is 380 g/mol. The van der Waals surface area contributed by atoms with E-state index in [0.717, 1.165) is 38.4 Å². The van der Waals surface area contributed by atoms with E-state index in [0.29, 0.717) is 18.5 Å². The van der Waals surface area contributed by atoms with Gasteiger partial charge in [0.05, 0.1) is 6.54 Å². The van der Waals surface area contributed by atoms with Crippen LogP contribution in [0.1, 0.15) is 41.3 Å². The second-order valence-electron chi connectivity index (χ2n) is 8.13. The van der Waals surface area contributed by atoms with Crippen molar-refractivity contribution in [3.8, 4) is 0 Å². The summed E-state index contributed by atoms with van der Waals surface area (Å²) in [7, 11) is 0. The molecule has 2 aliphatic heterocycles. The molecule has 3 heterocycles. The molecule has 5 rings (SSSR count). The highest BCUT2D eigenvalue weighted by Crippen LogP contribution is 2.42. The van der Waals surface area contributed by atoms with Crippen molar-refractivity contribution in [1.82, 2.24) is 4.90 Å². The summed E-state index contributed by atoms with van der Waals surface area (Å²) in [5.74, 6) is 1.13. The normalized spacial score (nSPS) is 25.0. The fourth-order valence-corrected chi connectivity index (χ4v) is 5.74.